The Morgan fingerprint density at radius 3 is 2.70 bits per heavy atom. The summed E-state index contributed by atoms with van der Waals surface area (Å²) in [5, 5.41) is 11.8. The van der Waals surface area contributed by atoms with E-state index in [9.17, 15) is 0 Å². The minimum Gasteiger partial charge on any atom is -0.360 e. The molecule has 0 aromatic carbocycles. The van der Waals surface area contributed by atoms with E-state index in [1.807, 2.05) is 7.05 Å². The van der Waals surface area contributed by atoms with Gasteiger partial charge in [0.25, 0.3) is 0 Å². The second-order valence-corrected chi connectivity index (χ2v) is 8.16. The van der Waals surface area contributed by atoms with Crippen LogP contribution in [-0.2, 0) is 12.5 Å². The van der Waals surface area contributed by atoms with Gasteiger partial charge in [0.1, 0.15) is 21.8 Å². The predicted molar refractivity (Wildman–Crippen MR) is 96.9 cm³/mol. The van der Waals surface area contributed by atoms with Gasteiger partial charge < -0.3 is 5.32 Å². The van der Waals surface area contributed by atoms with Gasteiger partial charge in [-0.25, -0.2) is 19.6 Å². The first-order chi connectivity index (χ1) is 10.8. The summed E-state index contributed by atoms with van der Waals surface area (Å²) >= 11 is 5.15. The molecule has 3 rings (SSSR count). The number of rotatable bonds is 3. The number of aromatic nitrogens is 5. The fraction of sp³-hybridized carbons (Fsp3) is 0.467. The average molecular weight is 395 g/mol. The van der Waals surface area contributed by atoms with Crippen molar-refractivity contribution in [2.24, 2.45) is 7.05 Å². The molecule has 1 atom stereocenters. The van der Waals surface area contributed by atoms with Gasteiger partial charge in [-0.1, -0.05) is 20.8 Å². The fourth-order valence-corrected chi connectivity index (χ4v) is 3.90. The molecular formula is C15H19BrN6S. The van der Waals surface area contributed by atoms with E-state index in [0.29, 0.717) is 0 Å². The Labute approximate surface area is 147 Å². The summed E-state index contributed by atoms with van der Waals surface area (Å²) in [5.41, 5.74) is 1.96. The Morgan fingerprint density at radius 1 is 1.30 bits per heavy atom. The lowest BCUT2D eigenvalue weighted by atomic mass is 9.93. The Kier molecular flexibility index (Phi) is 4.14. The van der Waals surface area contributed by atoms with E-state index in [1.54, 1.807) is 22.3 Å². The highest BCUT2D eigenvalue weighted by molar-refractivity contribution is 9.10. The number of fused-ring (bicyclic) bond motifs is 1. The Morgan fingerprint density at radius 2 is 2.04 bits per heavy atom. The minimum atomic E-state index is 0.0568. The molecule has 0 bridgehead atoms. The average Bonchev–Trinajstić information content (AvgIpc) is 3.05. The molecule has 1 unspecified atom stereocenters. The molecule has 0 spiro atoms. The van der Waals surface area contributed by atoms with Crippen molar-refractivity contribution in [1.82, 2.24) is 24.7 Å². The summed E-state index contributed by atoms with van der Waals surface area (Å²) in [7, 11) is 1.86. The van der Waals surface area contributed by atoms with Crippen molar-refractivity contribution in [1.29, 1.82) is 0 Å². The minimum absolute atomic E-state index is 0.0568. The zero-order valence-electron chi connectivity index (χ0n) is 13.8. The summed E-state index contributed by atoms with van der Waals surface area (Å²) in [4.78, 5) is 13.4. The molecule has 3 aromatic heterocycles. The number of hydrogen-bond acceptors (Lipinski definition) is 6. The molecule has 23 heavy (non-hydrogen) atoms. The van der Waals surface area contributed by atoms with Crippen molar-refractivity contribution < 1.29 is 0 Å². The van der Waals surface area contributed by atoms with Crippen molar-refractivity contribution in [2.45, 2.75) is 39.2 Å². The molecule has 0 aliphatic heterocycles. The normalized spacial score (nSPS) is 13.5. The standard InChI is InChI=1S/C15H19BrN6S/c1-8(14-20-9(6-23-14)15(2,3)4)19-12-10-11(16)21-22(5)13(10)18-7-17-12/h6-8H,1-5H3,(H,17,18,19). The van der Waals surface area contributed by atoms with Crippen LogP contribution < -0.4 is 5.32 Å². The van der Waals surface area contributed by atoms with E-state index in [1.165, 1.54) is 0 Å². The SMILES string of the molecule is CC(Nc1ncnc2c1c(Br)nn2C)c1nc(C(C)(C)C)cs1. The maximum Gasteiger partial charge on any atom is 0.164 e. The summed E-state index contributed by atoms with van der Waals surface area (Å²) in [6, 6.07) is 0.0568. The van der Waals surface area contributed by atoms with Gasteiger partial charge in [-0.2, -0.15) is 5.10 Å². The van der Waals surface area contributed by atoms with Crippen molar-refractivity contribution in [3.63, 3.8) is 0 Å². The zero-order valence-corrected chi connectivity index (χ0v) is 16.2. The molecule has 122 valence electrons. The predicted octanol–water partition coefficient (Wildman–Crippen LogP) is 4.05. The number of anilines is 1. The molecule has 0 fully saturated rings. The van der Waals surface area contributed by atoms with E-state index < -0.39 is 0 Å². The Bertz CT molecular complexity index is 847. The van der Waals surface area contributed by atoms with E-state index in [2.05, 4.69) is 69.4 Å². The Balaban J connectivity index is 1.91. The molecule has 6 nitrogen and oxygen atoms in total. The molecule has 8 heteroatoms. The molecule has 1 N–H and O–H groups in total. The molecule has 3 aromatic rings. The summed E-state index contributed by atoms with van der Waals surface area (Å²) in [6.45, 7) is 8.60. The highest BCUT2D eigenvalue weighted by atomic mass is 79.9. The fourth-order valence-electron chi connectivity index (χ4n) is 2.25. The van der Waals surface area contributed by atoms with Crippen LogP contribution in [0.5, 0.6) is 0 Å². The number of thiazole rings is 1. The van der Waals surface area contributed by atoms with Gasteiger partial charge in [-0.05, 0) is 22.9 Å². The van der Waals surface area contributed by atoms with E-state index in [4.69, 9.17) is 4.98 Å². The topological polar surface area (TPSA) is 68.5 Å². The first-order valence-electron chi connectivity index (χ1n) is 7.33. The second-order valence-electron chi connectivity index (χ2n) is 6.52. The summed E-state index contributed by atoms with van der Waals surface area (Å²) < 4.78 is 2.47. The molecule has 0 saturated carbocycles. The van der Waals surface area contributed by atoms with Crippen molar-refractivity contribution in [2.75, 3.05) is 5.32 Å². The number of hydrogen-bond donors (Lipinski definition) is 1. The lowest BCUT2D eigenvalue weighted by Gasteiger charge is -2.15. The van der Waals surface area contributed by atoms with Crippen LogP contribution in [-0.4, -0.2) is 24.7 Å². The van der Waals surface area contributed by atoms with Gasteiger partial charge in [0.15, 0.2) is 5.65 Å². The quantitative estimate of drug-likeness (QED) is 0.725. The van der Waals surface area contributed by atoms with Crippen LogP contribution in [0, 0.1) is 0 Å². The Hall–Kier alpha value is -1.54. The third-order valence-electron chi connectivity index (χ3n) is 3.59. The van der Waals surface area contributed by atoms with E-state index in [-0.39, 0.29) is 11.5 Å². The molecule has 0 radical (unpaired) electrons. The lowest BCUT2D eigenvalue weighted by molar-refractivity contribution is 0.569. The van der Waals surface area contributed by atoms with E-state index in [0.717, 1.165) is 32.2 Å². The number of halogens is 1. The van der Waals surface area contributed by atoms with E-state index >= 15 is 0 Å². The molecule has 0 aliphatic rings. The molecule has 0 amide bonds. The molecule has 0 saturated heterocycles. The van der Waals surface area contributed by atoms with Crippen molar-refractivity contribution >= 4 is 44.1 Å². The van der Waals surface area contributed by atoms with Crippen LogP contribution in [0.4, 0.5) is 5.82 Å². The highest BCUT2D eigenvalue weighted by Gasteiger charge is 2.21. The van der Waals surface area contributed by atoms with Crippen molar-refractivity contribution in [3.05, 3.63) is 27.0 Å². The van der Waals surface area contributed by atoms with Gasteiger partial charge in [0.05, 0.1) is 17.1 Å². The van der Waals surface area contributed by atoms with Gasteiger partial charge >= 0.3 is 0 Å². The van der Waals surface area contributed by atoms with Crippen LogP contribution in [0.3, 0.4) is 0 Å². The smallest absolute Gasteiger partial charge is 0.164 e. The number of nitrogens with zero attached hydrogens (tertiary/aromatic N) is 5. The maximum atomic E-state index is 4.77. The highest BCUT2D eigenvalue weighted by Crippen LogP contribution is 2.31. The second kappa shape index (κ2) is 5.83. The van der Waals surface area contributed by atoms with Crippen LogP contribution in [0.15, 0.2) is 16.3 Å². The van der Waals surface area contributed by atoms with Crippen LogP contribution >= 0.6 is 27.3 Å². The summed E-state index contributed by atoms with van der Waals surface area (Å²) in [6.07, 6.45) is 1.55. The van der Waals surface area contributed by atoms with Crippen LogP contribution in [0.2, 0.25) is 0 Å². The van der Waals surface area contributed by atoms with Crippen LogP contribution in [0.25, 0.3) is 11.0 Å². The number of aryl methyl sites for hydroxylation is 1. The first-order valence-corrected chi connectivity index (χ1v) is 9.00. The molecular weight excluding hydrogens is 376 g/mol. The number of nitrogens with one attached hydrogen (secondary N) is 1. The largest absolute Gasteiger partial charge is 0.360 e. The van der Waals surface area contributed by atoms with Gasteiger partial charge in [-0.3, -0.25) is 0 Å². The third kappa shape index (κ3) is 3.10. The monoisotopic (exact) mass is 394 g/mol. The molecule has 3 heterocycles. The maximum absolute atomic E-state index is 4.77. The molecule has 0 aliphatic carbocycles. The van der Waals surface area contributed by atoms with Gasteiger partial charge in [-0.15, -0.1) is 11.3 Å². The lowest BCUT2D eigenvalue weighted by Crippen LogP contribution is -2.13. The van der Waals surface area contributed by atoms with Gasteiger partial charge in [0.2, 0.25) is 0 Å². The first kappa shape index (κ1) is 16.3. The van der Waals surface area contributed by atoms with Gasteiger partial charge in [0, 0.05) is 17.8 Å². The summed E-state index contributed by atoms with van der Waals surface area (Å²) in [5.74, 6) is 0.759. The third-order valence-corrected chi connectivity index (χ3v) is 5.17. The zero-order chi connectivity index (χ0) is 16.8. The van der Waals surface area contributed by atoms with Crippen LogP contribution in [0.1, 0.15) is 44.4 Å². The van der Waals surface area contributed by atoms with Crippen molar-refractivity contribution in [3.8, 4) is 0 Å².